The normalized spacial score (nSPS) is 15.9. The van der Waals surface area contributed by atoms with E-state index in [-0.39, 0.29) is 0 Å². The molecule has 1 aliphatic carbocycles. The lowest BCUT2D eigenvalue weighted by molar-refractivity contribution is 0.157. The molecular formula is C24H27N3O3. The van der Waals surface area contributed by atoms with E-state index in [1.54, 1.807) is 0 Å². The number of hydrogen-bond donors (Lipinski definition) is 0. The van der Waals surface area contributed by atoms with Crippen LogP contribution in [0.4, 0.5) is 0 Å². The monoisotopic (exact) mass is 405 g/mol. The average Bonchev–Trinajstić information content (AvgIpc) is 3.54. The van der Waals surface area contributed by atoms with Crippen molar-refractivity contribution < 1.29 is 14.0 Å². The van der Waals surface area contributed by atoms with E-state index >= 15 is 0 Å². The quantitative estimate of drug-likeness (QED) is 0.553. The van der Waals surface area contributed by atoms with Crippen molar-refractivity contribution in [3.63, 3.8) is 0 Å². The zero-order chi connectivity index (χ0) is 20.3. The fourth-order valence-corrected chi connectivity index (χ4v) is 4.36. The van der Waals surface area contributed by atoms with Crippen molar-refractivity contribution in [2.75, 3.05) is 6.79 Å². The van der Waals surface area contributed by atoms with E-state index in [1.807, 2.05) is 6.07 Å². The summed E-state index contributed by atoms with van der Waals surface area (Å²) in [4.78, 5) is 7.14. The van der Waals surface area contributed by atoms with Gasteiger partial charge in [-0.2, -0.15) is 4.98 Å². The number of ether oxygens (including phenoxy) is 2. The molecule has 6 heteroatoms. The van der Waals surface area contributed by atoms with Gasteiger partial charge in [0.25, 0.3) is 0 Å². The van der Waals surface area contributed by atoms with Crippen LogP contribution in [0, 0.1) is 0 Å². The molecule has 2 heterocycles. The fraction of sp³-hybridized carbons (Fsp3) is 0.417. The van der Waals surface area contributed by atoms with Crippen LogP contribution in [0.3, 0.4) is 0 Å². The second kappa shape index (κ2) is 8.48. The molecule has 0 amide bonds. The fourth-order valence-electron chi connectivity index (χ4n) is 4.36. The van der Waals surface area contributed by atoms with Crippen molar-refractivity contribution in [2.45, 2.75) is 58.2 Å². The third-order valence-corrected chi connectivity index (χ3v) is 6.09. The number of benzene rings is 2. The minimum atomic E-state index is 0.301. The standard InChI is InChI=1S/C24H27N3O3/c1-2-17-7-10-19(11-8-17)24-25-23(30-26-24)15-27(20-5-3-4-6-20)14-18-9-12-21-22(13-18)29-16-28-21/h7-13,20H,2-6,14-16H2,1H3. The summed E-state index contributed by atoms with van der Waals surface area (Å²) < 4.78 is 16.6. The molecule has 1 aliphatic heterocycles. The number of rotatable bonds is 7. The van der Waals surface area contributed by atoms with Crippen LogP contribution in [0.2, 0.25) is 0 Å². The first kappa shape index (κ1) is 19.1. The average molecular weight is 405 g/mol. The molecule has 1 saturated carbocycles. The summed E-state index contributed by atoms with van der Waals surface area (Å²) in [5.74, 6) is 2.97. The molecule has 0 atom stereocenters. The Balaban J connectivity index is 1.33. The predicted octanol–water partition coefficient (Wildman–Crippen LogP) is 4.97. The maximum absolute atomic E-state index is 5.63. The first-order valence-electron chi connectivity index (χ1n) is 10.8. The maximum atomic E-state index is 5.63. The second-order valence-corrected chi connectivity index (χ2v) is 8.09. The summed E-state index contributed by atoms with van der Waals surface area (Å²) in [5, 5.41) is 4.23. The molecule has 156 valence electrons. The first-order valence-corrected chi connectivity index (χ1v) is 10.8. The van der Waals surface area contributed by atoms with Crippen LogP contribution < -0.4 is 9.47 Å². The Hall–Kier alpha value is -2.86. The van der Waals surface area contributed by atoms with Gasteiger partial charge < -0.3 is 14.0 Å². The van der Waals surface area contributed by atoms with E-state index in [2.05, 4.69) is 58.4 Å². The van der Waals surface area contributed by atoms with Crippen LogP contribution in [0.15, 0.2) is 47.0 Å². The predicted molar refractivity (Wildman–Crippen MR) is 113 cm³/mol. The van der Waals surface area contributed by atoms with Crippen LogP contribution in [-0.4, -0.2) is 27.9 Å². The summed E-state index contributed by atoms with van der Waals surface area (Å²) in [6.07, 6.45) is 6.00. The topological polar surface area (TPSA) is 60.6 Å². The Morgan fingerprint density at radius 2 is 1.70 bits per heavy atom. The van der Waals surface area contributed by atoms with Crippen molar-refractivity contribution in [1.82, 2.24) is 15.0 Å². The van der Waals surface area contributed by atoms with Gasteiger partial charge in [-0.15, -0.1) is 0 Å². The van der Waals surface area contributed by atoms with Crippen molar-refractivity contribution in [1.29, 1.82) is 0 Å². The Morgan fingerprint density at radius 3 is 2.50 bits per heavy atom. The maximum Gasteiger partial charge on any atom is 0.241 e. The molecule has 0 spiro atoms. The number of hydrogen-bond acceptors (Lipinski definition) is 6. The largest absolute Gasteiger partial charge is 0.454 e. The molecule has 2 aliphatic rings. The third-order valence-electron chi connectivity index (χ3n) is 6.09. The highest BCUT2D eigenvalue weighted by Gasteiger charge is 2.25. The van der Waals surface area contributed by atoms with E-state index in [9.17, 15) is 0 Å². The minimum absolute atomic E-state index is 0.301. The van der Waals surface area contributed by atoms with Crippen molar-refractivity contribution >= 4 is 0 Å². The number of fused-ring (bicyclic) bond motifs is 1. The molecular weight excluding hydrogens is 378 g/mol. The molecule has 1 fully saturated rings. The molecule has 0 radical (unpaired) electrons. The van der Waals surface area contributed by atoms with Crippen molar-refractivity contribution in [3.05, 3.63) is 59.5 Å². The van der Waals surface area contributed by atoms with Gasteiger partial charge in [0.05, 0.1) is 6.54 Å². The Bertz CT molecular complexity index is 993. The van der Waals surface area contributed by atoms with Crippen LogP contribution in [0.25, 0.3) is 11.4 Å². The van der Waals surface area contributed by atoms with Gasteiger partial charge in [0, 0.05) is 18.2 Å². The molecule has 0 bridgehead atoms. The van der Waals surface area contributed by atoms with E-state index in [4.69, 9.17) is 14.0 Å². The summed E-state index contributed by atoms with van der Waals surface area (Å²) in [5.41, 5.74) is 3.50. The van der Waals surface area contributed by atoms with Crippen LogP contribution in [0.1, 0.15) is 49.6 Å². The minimum Gasteiger partial charge on any atom is -0.454 e. The summed E-state index contributed by atoms with van der Waals surface area (Å²) in [6, 6.07) is 15.1. The zero-order valence-corrected chi connectivity index (χ0v) is 17.3. The SMILES string of the molecule is CCc1ccc(-c2noc(CN(Cc3ccc4c(c3)OCO4)C3CCCC3)n2)cc1. The van der Waals surface area contributed by atoms with Gasteiger partial charge in [0.15, 0.2) is 11.5 Å². The zero-order valence-electron chi connectivity index (χ0n) is 17.3. The lowest BCUT2D eigenvalue weighted by atomic mass is 10.1. The molecule has 0 N–H and O–H groups in total. The molecule has 2 aromatic carbocycles. The summed E-state index contributed by atoms with van der Waals surface area (Å²) in [7, 11) is 0. The molecule has 3 aromatic rings. The van der Waals surface area contributed by atoms with Gasteiger partial charge in [0.1, 0.15) is 0 Å². The van der Waals surface area contributed by atoms with Crippen LogP contribution in [-0.2, 0) is 19.5 Å². The molecule has 6 nitrogen and oxygen atoms in total. The number of nitrogens with zero attached hydrogens (tertiary/aromatic N) is 3. The van der Waals surface area contributed by atoms with E-state index in [1.165, 1.54) is 36.8 Å². The van der Waals surface area contributed by atoms with Gasteiger partial charge >= 0.3 is 0 Å². The Kier molecular flexibility index (Phi) is 5.41. The number of aryl methyl sites for hydroxylation is 1. The van der Waals surface area contributed by atoms with Gasteiger partial charge in [0.2, 0.25) is 18.5 Å². The lowest BCUT2D eigenvalue weighted by Crippen LogP contribution is -2.32. The smallest absolute Gasteiger partial charge is 0.241 e. The Labute approximate surface area is 176 Å². The molecule has 5 rings (SSSR count). The van der Waals surface area contributed by atoms with Crippen LogP contribution in [0.5, 0.6) is 11.5 Å². The van der Waals surface area contributed by atoms with Gasteiger partial charge in [-0.1, -0.05) is 55.3 Å². The highest BCUT2D eigenvalue weighted by atomic mass is 16.7. The highest BCUT2D eigenvalue weighted by molar-refractivity contribution is 5.54. The van der Waals surface area contributed by atoms with Crippen molar-refractivity contribution in [3.8, 4) is 22.9 Å². The van der Waals surface area contributed by atoms with E-state index in [0.717, 1.165) is 30.0 Å². The van der Waals surface area contributed by atoms with Crippen LogP contribution >= 0.6 is 0 Å². The summed E-state index contributed by atoms with van der Waals surface area (Å²) in [6.45, 7) is 3.93. The lowest BCUT2D eigenvalue weighted by Gasteiger charge is -2.27. The Morgan fingerprint density at radius 1 is 0.933 bits per heavy atom. The molecule has 1 aromatic heterocycles. The molecule has 30 heavy (non-hydrogen) atoms. The molecule has 0 unspecified atom stereocenters. The third kappa shape index (κ3) is 4.05. The van der Waals surface area contributed by atoms with E-state index < -0.39 is 0 Å². The van der Waals surface area contributed by atoms with Gasteiger partial charge in [-0.05, 0) is 42.5 Å². The molecule has 0 saturated heterocycles. The first-order chi connectivity index (χ1) is 14.8. The highest BCUT2D eigenvalue weighted by Crippen LogP contribution is 2.34. The van der Waals surface area contributed by atoms with Crippen molar-refractivity contribution in [2.24, 2.45) is 0 Å². The summed E-state index contributed by atoms with van der Waals surface area (Å²) >= 11 is 0. The number of aromatic nitrogens is 2. The second-order valence-electron chi connectivity index (χ2n) is 8.09. The van der Waals surface area contributed by atoms with Gasteiger partial charge in [-0.3, -0.25) is 4.90 Å². The van der Waals surface area contributed by atoms with Gasteiger partial charge in [-0.25, -0.2) is 0 Å². The van der Waals surface area contributed by atoms with E-state index in [0.29, 0.717) is 31.1 Å².